The fourth-order valence-corrected chi connectivity index (χ4v) is 4.00. The van der Waals surface area contributed by atoms with E-state index < -0.39 is 0 Å². The van der Waals surface area contributed by atoms with Crippen molar-refractivity contribution < 1.29 is 9.90 Å². The first-order valence-corrected chi connectivity index (χ1v) is 8.15. The Labute approximate surface area is 122 Å². The molecule has 3 aromatic heterocycles. The Morgan fingerprint density at radius 2 is 2.40 bits per heavy atom. The zero-order valence-corrected chi connectivity index (χ0v) is 12.3. The molecule has 0 aromatic carbocycles. The number of imidazole rings is 1. The highest BCUT2D eigenvalue weighted by atomic mass is 32.1. The number of amides is 1. The quantitative estimate of drug-likeness (QED) is 0.776. The highest BCUT2D eigenvalue weighted by Crippen LogP contribution is 2.44. The van der Waals surface area contributed by atoms with Crippen molar-refractivity contribution in [2.75, 3.05) is 13.2 Å². The fourth-order valence-electron chi connectivity index (χ4n) is 2.28. The molecule has 1 fully saturated rings. The first-order valence-electron chi connectivity index (χ1n) is 6.45. The Bertz CT molecular complexity index is 797. The molecule has 1 aliphatic carbocycles. The van der Waals surface area contributed by atoms with Gasteiger partial charge in [0.15, 0.2) is 4.96 Å². The number of aromatic nitrogens is 2. The van der Waals surface area contributed by atoms with E-state index in [2.05, 4.69) is 10.3 Å². The van der Waals surface area contributed by atoms with Crippen LogP contribution in [0.3, 0.4) is 0 Å². The van der Waals surface area contributed by atoms with Gasteiger partial charge >= 0.3 is 0 Å². The van der Waals surface area contributed by atoms with Gasteiger partial charge in [0.25, 0.3) is 5.91 Å². The van der Waals surface area contributed by atoms with E-state index in [9.17, 15) is 9.90 Å². The molecule has 1 amide bonds. The molecule has 2 N–H and O–H groups in total. The van der Waals surface area contributed by atoms with Gasteiger partial charge in [0.2, 0.25) is 0 Å². The van der Waals surface area contributed by atoms with Crippen LogP contribution in [-0.4, -0.2) is 33.6 Å². The first kappa shape index (κ1) is 12.3. The predicted molar refractivity (Wildman–Crippen MR) is 79.5 cm³/mol. The number of carbonyl (C=O) groups excluding carboxylic acids is 1. The standard InChI is InChI=1S/C13H13N3O2S2/c17-7-13(1-2-13)6-14-10(18)9-5-8-11(20-9)15-12-16(8)3-4-19-12/h3-5,17H,1-2,6-7H2,(H,14,18). The lowest BCUT2D eigenvalue weighted by Gasteiger charge is -2.11. The second-order valence-electron chi connectivity index (χ2n) is 5.31. The van der Waals surface area contributed by atoms with Gasteiger partial charge < -0.3 is 10.4 Å². The molecule has 20 heavy (non-hydrogen) atoms. The molecule has 0 saturated heterocycles. The molecule has 0 unspecified atom stereocenters. The van der Waals surface area contributed by atoms with Crippen LogP contribution in [-0.2, 0) is 0 Å². The topological polar surface area (TPSA) is 66.6 Å². The van der Waals surface area contributed by atoms with E-state index in [-0.39, 0.29) is 17.9 Å². The SMILES string of the molecule is O=C(NCC1(CO)CC1)c1cc2c(nc3sccn32)s1. The minimum Gasteiger partial charge on any atom is -0.396 e. The van der Waals surface area contributed by atoms with Crippen LogP contribution in [0.5, 0.6) is 0 Å². The average molecular weight is 307 g/mol. The molecule has 4 rings (SSSR count). The minimum absolute atomic E-state index is 0.0602. The second-order valence-corrected chi connectivity index (χ2v) is 7.21. The van der Waals surface area contributed by atoms with Crippen molar-refractivity contribution in [2.24, 2.45) is 5.41 Å². The summed E-state index contributed by atoms with van der Waals surface area (Å²) in [5.74, 6) is -0.0725. The van der Waals surface area contributed by atoms with Gasteiger partial charge in [-0.1, -0.05) is 0 Å². The van der Waals surface area contributed by atoms with Gasteiger partial charge in [-0.05, 0) is 18.9 Å². The summed E-state index contributed by atoms with van der Waals surface area (Å²) >= 11 is 3.00. The molecule has 5 nitrogen and oxygen atoms in total. The average Bonchev–Trinajstić information content (AvgIpc) is 2.77. The van der Waals surface area contributed by atoms with E-state index in [1.54, 1.807) is 11.3 Å². The molecule has 1 aliphatic rings. The van der Waals surface area contributed by atoms with Crippen molar-refractivity contribution in [3.63, 3.8) is 0 Å². The number of hydrogen-bond acceptors (Lipinski definition) is 5. The highest BCUT2D eigenvalue weighted by Gasteiger charge is 2.42. The van der Waals surface area contributed by atoms with Crippen molar-refractivity contribution in [2.45, 2.75) is 12.8 Å². The summed E-state index contributed by atoms with van der Waals surface area (Å²) in [7, 11) is 0. The van der Waals surface area contributed by atoms with Crippen LogP contribution in [0.25, 0.3) is 15.3 Å². The summed E-state index contributed by atoms with van der Waals surface area (Å²) in [5.41, 5.74) is 0.926. The van der Waals surface area contributed by atoms with Crippen molar-refractivity contribution in [1.82, 2.24) is 14.7 Å². The predicted octanol–water partition coefficient (Wildman–Crippen LogP) is 2.11. The largest absolute Gasteiger partial charge is 0.396 e. The molecule has 0 atom stereocenters. The van der Waals surface area contributed by atoms with Crippen LogP contribution in [0.1, 0.15) is 22.5 Å². The number of hydrogen-bond donors (Lipinski definition) is 2. The molecule has 0 spiro atoms. The van der Waals surface area contributed by atoms with Gasteiger partial charge in [-0.2, -0.15) is 0 Å². The van der Waals surface area contributed by atoms with Gasteiger partial charge in [0, 0.05) is 23.5 Å². The number of thiazole rings is 1. The molecule has 0 radical (unpaired) electrons. The number of carbonyl (C=O) groups is 1. The van der Waals surface area contributed by atoms with E-state index in [0.29, 0.717) is 11.4 Å². The Balaban J connectivity index is 1.57. The monoisotopic (exact) mass is 307 g/mol. The van der Waals surface area contributed by atoms with Crippen LogP contribution in [0, 0.1) is 5.41 Å². The number of nitrogens with zero attached hydrogens (tertiary/aromatic N) is 2. The maximum atomic E-state index is 12.2. The highest BCUT2D eigenvalue weighted by molar-refractivity contribution is 7.21. The van der Waals surface area contributed by atoms with Crippen LogP contribution >= 0.6 is 22.7 Å². The Morgan fingerprint density at radius 1 is 1.55 bits per heavy atom. The lowest BCUT2D eigenvalue weighted by Crippen LogP contribution is -2.31. The summed E-state index contributed by atoms with van der Waals surface area (Å²) in [5, 5.41) is 14.2. The Morgan fingerprint density at radius 3 is 3.15 bits per heavy atom. The zero-order chi connectivity index (χ0) is 13.7. The lowest BCUT2D eigenvalue weighted by molar-refractivity contribution is 0.0939. The summed E-state index contributed by atoms with van der Waals surface area (Å²) in [4.78, 5) is 19.2. The van der Waals surface area contributed by atoms with E-state index in [1.807, 2.05) is 22.0 Å². The van der Waals surface area contributed by atoms with Gasteiger partial charge in [-0.25, -0.2) is 4.98 Å². The number of rotatable bonds is 4. The molecule has 0 bridgehead atoms. The zero-order valence-electron chi connectivity index (χ0n) is 10.6. The van der Waals surface area contributed by atoms with Crippen molar-refractivity contribution in [3.05, 3.63) is 22.5 Å². The smallest absolute Gasteiger partial charge is 0.261 e. The van der Waals surface area contributed by atoms with Crippen LogP contribution in [0.2, 0.25) is 0 Å². The Hall–Kier alpha value is -1.44. The summed E-state index contributed by atoms with van der Waals surface area (Å²) in [6.07, 6.45) is 3.96. The van der Waals surface area contributed by atoms with Gasteiger partial charge in [-0.3, -0.25) is 9.20 Å². The molecular weight excluding hydrogens is 294 g/mol. The fraction of sp³-hybridized carbons (Fsp3) is 0.385. The van der Waals surface area contributed by atoms with E-state index in [4.69, 9.17) is 0 Å². The van der Waals surface area contributed by atoms with E-state index in [1.165, 1.54) is 11.3 Å². The molecule has 7 heteroatoms. The summed E-state index contributed by atoms with van der Waals surface area (Å²) in [6, 6.07) is 1.89. The third kappa shape index (κ3) is 1.85. The van der Waals surface area contributed by atoms with Crippen LogP contribution in [0.15, 0.2) is 17.6 Å². The van der Waals surface area contributed by atoms with E-state index in [0.717, 1.165) is 28.1 Å². The van der Waals surface area contributed by atoms with Crippen molar-refractivity contribution in [1.29, 1.82) is 0 Å². The third-order valence-electron chi connectivity index (χ3n) is 3.88. The normalized spacial score (nSPS) is 16.9. The number of aliphatic hydroxyl groups is 1. The van der Waals surface area contributed by atoms with Gasteiger partial charge in [0.05, 0.1) is 17.0 Å². The first-order chi connectivity index (χ1) is 9.71. The number of aliphatic hydroxyl groups excluding tert-OH is 1. The Kier molecular flexibility index (Phi) is 2.63. The molecule has 1 saturated carbocycles. The third-order valence-corrected chi connectivity index (χ3v) is 5.65. The molecule has 0 aliphatic heterocycles. The van der Waals surface area contributed by atoms with Gasteiger partial charge in [0.1, 0.15) is 4.83 Å². The number of thiophene rings is 1. The maximum absolute atomic E-state index is 12.2. The van der Waals surface area contributed by atoms with Crippen LogP contribution in [0.4, 0.5) is 0 Å². The summed E-state index contributed by atoms with van der Waals surface area (Å²) < 4.78 is 2.00. The summed E-state index contributed by atoms with van der Waals surface area (Å²) in [6.45, 7) is 0.705. The van der Waals surface area contributed by atoms with Crippen molar-refractivity contribution in [3.8, 4) is 0 Å². The number of fused-ring (bicyclic) bond motifs is 3. The second kappa shape index (κ2) is 4.28. The van der Waals surface area contributed by atoms with Gasteiger partial charge in [-0.15, -0.1) is 22.7 Å². The molecular formula is C13H13N3O2S2. The molecule has 3 heterocycles. The number of nitrogens with one attached hydrogen (secondary N) is 1. The van der Waals surface area contributed by atoms with Crippen LogP contribution < -0.4 is 5.32 Å². The molecule has 104 valence electrons. The molecule has 3 aromatic rings. The van der Waals surface area contributed by atoms with Crippen molar-refractivity contribution >= 4 is 43.9 Å². The van der Waals surface area contributed by atoms with E-state index >= 15 is 0 Å². The lowest BCUT2D eigenvalue weighted by atomic mass is 10.1. The minimum atomic E-state index is -0.0725. The maximum Gasteiger partial charge on any atom is 0.261 e.